The Bertz CT molecular complexity index is 2710. The molecular weight excluding hydrogens is 723 g/mol. The van der Waals surface area contributed by atoms with Gasteiger partial charge < -0.3 is 4.90 Å². The van der Waals surface area contributed by atoms with Crippen molar-refractivity contribution in [2.75, 3.05) is 4.90 Å². The van der Waals surface area contributed by atoms with Gasteiger partial charge in [0, 0.05) is 11.3 Å². The summed E-state index contributed by atoms with van der Waals surface area (Å²) < 4.78 is 0. The zero-order chi connectivity index (χ0) is 41.7. The van der Waals surface area contributed by atoms with Gasteiger partial charge in [0.2, 0.25) is 0 Å². The number of hydrogen-bond acceptors (Lipinski definition) is 1. The van der Waals surface area contributed by atoms with E-state index in [1.165, 1.54) is 103 Å². The molecule has 0 N–H and O–H groups in total. The molecule has 0 amide bonds. The molecule has 0 unspecified atom stereocenters. The van der Waals surface area contributed by atoms with E-state index in [9.17, 15) is 0 Å². The van der Waals surface area contributed by atoms with Gasteiger partial charge in [0.15, 0.2) is 0 Å². The van der Waals surface area contributed by atoms with E-state index >= 15 is 0 Å². The Hall–Kier alpha value is -5.66. The third-order valence-electron chi connectivity index (χ3n) is 15.1. The average Bonchev–Trinajstić information content (AvgIpc) is 3.55. The van der Waals surface area contributed by atoms with Gasteiger partial charge in [-0.05, 0) is 139 Å². The third kappa shape index (κ3) is 5.79. The molecule has 0 atom stereocenters. The Kier molecular flexibility index (Phi) is 8.79. The predicted molar refractivity (Wildman–Crippen MR) is 254 cm³/mol. The fourth-order valence-corrected chi connectivity index (χ4v) is 11.5. The lowest BCUT2D eigenvalue weighted by atomic mass is 9.62. The molecule has 0 aromatic heterocycles. The molecule has 0 saturated carbocycles. The van der Waals surface area contributed by atoms with Crippen LogP contribution in [0.25, 0.3) is 22.3 Å². The van der Waals surface area contributed by atoms with Crippen LogP contribution in [0.4, 0.5) is 17.1 Å². The van der Waals surface area contributed by atoms with E-state index in [1.54, 1.807) is 0 Å². The minimum atomic E-state index is -0.524. The molecule has 0 aliphatic heterocycles. The first-order chi connectivity index (χ1) is 28.7. The molecule has 7 aromatic rings. The highest BCUT2D eigenvalue weighted by Gasteiger charge is 2.48. The second kappa shape index (κ2) is 13.7. The Labute approximate surface area is 359 Å². The van der Waals surface area contributed by atoms with Gasteiger partial charge in [-0.25, -0.2) is 0 Å². The van der Waals surface area contributed by atoms with Gasteiger partial charge in [-0.1, -0.05) is 189 Å². The molecule has 0 spiro atoms. The van der Waals surface area contributed by atoms with E-state index in [-0.39, 0.29) is 21.7 Å². The summed E-state index contributed by atoms with van der Waals surface area (Å²) in [4.78, 5) is 2.63. The summed E-state index contributed by atoms with van der Waals surface area (Å²) in [6.45, 7) is 19.6. The van der Waals surface area contributed by atoms with Crippen molar-refractivity contribution in [1.29, 1.82) is 0 Å². The van der Waals surface area contributed by atoms with Crippen molar-refractivity contribution < 1.29 is 0 Å². The number of fused-ring (bicyclic) bond motifs is 5. The number of nitrogens with zero attached hydrogens (tertiary/aromatic N) is 1. The minimum Gasteiger partial charge on any atom is -0.310 e. The monoisotopic (exact) mass is 781 g/mol. The highest BCUT2D eigenvalue weighted by molar-refractivity contribution is 5.97. The average molecular weight is 782 g/mol. The van der Waals surface area contributed by atoms with Crippen LogP contribution in [-0.2, 0) is 27.1 Å². The van der Waals surface area contributed by atoms with E-state index in [1.807, 2.05) is 0 Å². The largest absolute Gasteiger partial charge is 0.310 e. The molecule has 0 bridgehead atoms. The maximum Gasteiger partial charge on any atom is 0.0714 e. The van der Waals surface area contributed by atoms with Crippen molar-refractivity contribution in [3.63, 3.8) is 0 Å². The second-order valence-corrected chi connectivity index (χ2v) is 20.6. The molecule has 60 heavy (non-hydrogen) atoms. The van der Waals surface area contributed by atoms with Gasteiger partial charge in [-0.15, -0.1) is 0 Å². The van der Waals surface area contributed by atoms with E-state index in [2.05, 4.69) is 224 Å². The topological polar surface area (TPSA) is 3.24 Å². The summed E-state index contributed by atoms with van der Waals surface area (Å²) in [6.07, 6.45) is 4.68. The Morgan fingerprint density at radius 1 is 0.350 bits per heavy atom. The maximum atomic E-state index is 2.63. The van der Waals surface area contributed by atoms with Crippen LogP contribution in [0, 0.1) is 0 Å². The zero-order valence-corrected chi connectivity index (χ0v) is 36.9. The SMILES string of the molecule is CC1(C)CCC(C)(C)c2cc(-c3cc4c(cc3N(c3ccccc3)c3cccc5c3C(C)(C)CCC5(C)C)C(c3ccccc3)(c3ccccc3)c3ccccc3-4)ccc21. The minimum absolute atomic E-state index is 0.0130. The van der Waals surface area contributed by atoms with Crippen LogP contribution in [0.5, 0.6) is 0 Å². The molecule has 300 valence electrons. The maximum absolute atomic E-state index is 2.63. The molecule has 0 radical (unpaired) electrons. The Balaban J connectivity index is 1.37. The van der Waals surface area contributed by atoms with Gasteiger partial charge in [-0.2, -0.15) is 0 Å². The van der Waals surface area contributed by atoms with Crippen molar-refractivity contribution in [1.82, 2.24) is 0 Å². The van der Waals surface area contributed by atoms with Gasteiger partial charge in [0.05, 0.1) is 16.8 Å². The first kappa shape index (κ1) is 38.5. The van der Waals surface area contributed by atoms with Crippen LogP contribution in [0.1, 0.15) is 126 Å². The summed E-state index contributed by atoms with van der Waals surface area (Å²) in [7, 11) is 0. The fraction of sp³-hybridized carbons (Fsp3) is 0.288. The van der Waals surface area contributed by atoms with Crippen LogP contribution in [0.2, 0.25) is 0 Å². The lowest BCUT2D eigenvalue weighted by Crippen LogP contribution is -2.35. The summed E-state index contributed by atoms with van der Waals surface area (Å²) in [5, 5.41) is 0. The van der Waals surface area contributed by atoms with Gasteiger partial charge in [-0.3, -0.25) is 0 Å². The van der Waals surface area contributed by atoms with Gasteiger partial charge in [0.1, 0.15) is 0 Å². The first-order valence-corrected chi connectivity index (χ1v) is 22.3. The van der Waals surface area contributed by atoms with Crippen molar-refractivity contribution in [3.8, 4) is 22.3 Å². The van der Waals surface area contributed by atoms with Gasteiger partial charge >= 0.3 is 0 Å². The first-order valence-electron chi connectivity index (χ1n) is 22.3. The quantitative estimate of drug-likeness (QED) is 0.162. The highest BCUT2D eigenvalue weighted by atomic mass is 15.1. The molecule has 1 nitrogen and oxygen atoms in total. The standard InChI is InChI=1S/C59H59N/c1-55(2)33-34-57(5,6)51-37-40(31-32-48(51)55)45-38-46-44-27-18-19-28-47(44)59(41-21-12-9-13-22-41,42-23-14-10-15-24-42)50(46)39-53(45)60(43-25-16-11-17-26-43)52-30-20-29-49-54(52)58(7,8)36-35-56(49,3)4/h9-32,37-39H,33-36H2,1-8H3. The molecule has 7 aromatic carbocycles. The van der Waals surface area contributed by atoms with Crippen molar-refractivity contribution in [3.05, 3.63) is 208 Å². The van der Waals surface area contributed by atoms with E-state index in [0.717, 1.165) is 6.42 Å². The molecular formula is C59H59N. The van der Waals surface area contributed by atoms with Crippen molar-refractivity contribution >= 4 is 17.1 Å². The molecule has 3 aliphatic carbocycles. The summed E-state index contributed by atoms with van der Waals surface area (Å²) in [5.41, 5.74) is 19.7. The van der Waals surface area contributed by atoms with Gasteiger partial charge in [0.25, 0.3) is 0 Å². The van der Waals surface area contributed by atoms with Crippen LogP contribution in [0.3, 0.4) is 0 Å². The second-order valence-electron chi connectivity index (χ2n) is 20.6. The lowest BCUT2D eigenvalue weighted by Gasteiger charge is -2.45. The third-order valence-corrected chi connectivity index (χ3v) is 15.1. The smallest absolute Gasteiger partial charge is 0.0714 e. The number of para-hydroxylation sites is 1. The molecule has 0 saturated heterocycles. The Morgan fingerprint density at radius 2 is 0.883 bits per heavy atom. The summed E-state index contributed by atoms with van der Waals surface area (Å²) in [6, 6.07) is 62.7. The number of hydrogen-bond donors (Lipinski definition) is 0. The van der Waals surface area contributed by atoms with Crippen LogP contribution >= 0.6 is 0 Å². The molecule has 0 heterocycles. The molecule has 3 aliphatic rings. The number of rotatable bonds is 6. The van der Waals surface area contributed by atoms with E-state index in [4.69, 9.17) is 0 Å². The summed E-state index contributed by atoms with van der Waals surface area (Å²) >= 11 is 0. The molecule has 1 heteroatoms. The lowest BCUT2D eigenvalue weighted by molar-refractivity contribution is 0.332. The Morgan fingerprint density at radius 3 is 1.53 bits per heavy atom. The highest BCUT2D eigenvalue weighted by Crippen LogP contribution is 2.60. The number of anilines is 3. The zero-order valence-electron chi connectivity index (χ0n) is 36.9. The van der Waals surface area contributed by atoms with E-state index < -0.39 is 5.41 Å². The number of benzene rings is 7. The molecule has 10 rings (SSSR count). The predicted octanol–water partition coefficient (Wildman–Crippen LogP) is 15.9. The van der Waals surface area contributed by atoms with Crippen molar-refractivity contribution in [2.24, 2.45) is 0 Å². The normalized spacial score (nSPS) is 18.4. The molecule has 0 fully saturated rings. The van der Waals surface area contributed by atoms with Crippen LogP contribution < -0.4 is 4.90 Å². The fourth-order valence-electron chi connectivity index (χ4n) is 11.5. The summed E-state index contributed by atoms with van der Waals surface area (Å²) in [5.74, 6) is 0. The van der Waals surface area contributed by atoms with Crippen LogP contribution in [-0.4, -0.2) is 0 Å². The van der Waals surface area contributed by atoms with Crippen molar-refractivity contribution in [2.45, 2.75) is 108 Å². The van der Waals surface area contributed by atoms with E-state index in [0.29, 0.717) is 0 Å². The van der Waals surface area contributed by atoms with Crippen LogP contribution in [0.15, 0.2) is 164 Å².